The lowest BCUT2D eigenvalue weighted by Crippen LogP contribution is -2.53. The van der Waals surface area contributed by atoms with Gasteiger partial charge in [0.25, 0.3) is 0 Å². The number of nitrogens with zero attached hydrogens (tertiary/aromatic N) is 1. The molecule has 1 aromatic carbocycles. The Balaban J connectivity index is 1.78. The maximum Gasteiger partial charge on any atom is 0.321 e. The second-order valence-electron chi connectivity index (χ2n) is 6.53. The first-order valence-corrected chi connectivity index (χ1v) is 9.36. The molecule has 1 aromatic rings. The molecular formula is C18H27N5O3S. The summed E-state index contributed by atoms with van der Waals surface area (Å²) < 4.78 is 5.02. The van der Waals surface area contributed by atoms with Crippen molar-refractivity contribution in [1.29, 1.82) is 0 Å². The van der Waals surface area contributed by atoms with Gasteiger partial charge in [-0.15, -0.1) is 0 Å². The van der Waals surface area contributed by atoms with E-state index in [-0.39, 0.29) is 23.9 Å². The first-order valence-electron chi connectivity index (χ1n) is 8.96. The molecule has 1 heterocycles. The summed E-state index contributed by atoms with van der Waals surface area (Å²) in [5.74, 6) is -0.470. The minimum atomic E-state index is -0.285. The van der Waals surface area contributed by atoms with E-state index in [4.69, 9.17) is 17.0 Å². The molecular weight excluding hydrogens is 366 g/mol. The van der Waals surface area contributed by atoms with E-state index in [1.165, 1.54) is 0 Å². The van der Waals surface area contributed by atoms with Gasteiger partial charge < -0.3 is 20.3 Å². The number of amides is 3. The number of hydrogen-bond donors (Lipinski definition) is 4. The van der Waals surface area contributed by atoms with Gasteiger partial charge in [0, 0.05) is 31.9 Å². The van der Waals surface area contributed by atoms with E-state index in [1.807, 2.05) is 37.3 Å². The summed E-state index contributed by atoms with van der Waals surface area (Å²) in [4.78, 5) is 26.5. The number of methoxy groups -OCH3 is 1. The summed E-state index contributed by atoms with van der Waals surface area (Å²) in [6, 6.07) is 9.09. The third-order valence-corrected chi connectivity index (χ3v) is 4.42. The summed E-state index contributed by atoms with van der Waals surface area (Å²) in [5.41, 5.74) is 6.05. The van der Waals surface area contributed by atoms with E-state index in [1.54, 1.807) is 12.0 Å². The quantitative estimate of drug-likeness (QED) is 0.447. The van der Waals surface area contributed by atoms with Gasteiger partial charge in [-0.05, 0) is 44.1 Å². The molecule has 148 valence electrons. The molecule has 4 N–H and O–H groups in total. The Bertz CT molecular complexity index is 643. The van der Waals surface area contributed by atoms with E-state index < -0.39 is 0 Å². The largest absolute Gasteiger partial charge is 0.383 e. The molecule has 0 aliphatic carbocycles. The van der Waals surface area contributed by atoms with E-state index in [2.05, 4.69) is 21.5 Å². The molecule has 2 rings (SSSR count). The van der Waals surface area contributed by atoms with Gasteiger partial charge in [-0.2, -0.15) is 0 Å². The van der Waals surface area contributed by atoms with Gasteiger partial charge in [0.15, 0.2) is 5.11 Å². The van der Waals surface area contributed by atoms with Gasteiger partial charge in [-0.3, -0.25) is 15.6 Å². The van der Waals surface area contributed by atoms with Crippen LogP contribution >= 0.6 is 12.2 Å². The molecule has 1 fully saturated rings. The number of thiocarbonyl (C=S) groups is 1. The van der Waals surface area contributed by atoms with Crippen molar-refractivity contribution < 1.29 is 14.3 Å². The Hall–Kier alpha value is -2.39. The second kappa shape index (κ2) is 10.7. The highest BCUT2D eigenvalue weighted by Crippen LogP contribution is 2.18. The SMILES string of the molecule is COC[C@H](C)NC(=S)NNC(=O)[C@H]1CCCN(C(=O)Nc2ccccc2)C1. The summed E-state index contributed by atoms with van der Waals surface area (Å²) in [6.45, 7) is 3.42. The van der Waals surface area contributed by atoms with Crippen LogP contribution in [0.5, 0.6) is 0 Å². The summed E-state index contributed by atoms with van der Waals surface area (Å²) in [6.07, 6.45) is 1.50. The maximum atomic E-state index is 12.4. The molecule has 2 atom stereocenters. The number of hydrazine groups is 1. The van der Waals surface area contributed by atoms with Gasteiger partial charge in [0.2, 0.25) is 5.91 Å². The molecule has 1 aliphatic heterocycles. The number of rotatable bonds is 5. The first kappa shape index (κ1) is 20.9. The van der Waals surface area contributed by atoms with Crippen molar-refractivity contribution in [3.05, 3.63) is 30.3 Å². The zero-order valence-electron chi connectivity index (χ0n) is 15.7. The van der Waals surface area contributed by atoms with Crippen LogP contribution in [-0.4, -0.2) is 54.8 Å². The predicted octanol–water partition coefficient (Wildman–Crippen LogP) is 1.46. The molecule has 1 saturated heterocycles. The normalized spacial score (nSPS) is 17.6. The Labute approximate surface area is 165 Å². The Morgan fingerprint density at radius 1 is 1.30 bits per heavy atom. The van der Waals surface area contributed by atoms with Crippen molar-refractivity contribution >= 4 is 35.0 Å². The van der Waals surface area contributed by atoms with E-state index >= 15 is 0 Å². The summed E-state index contributed by atoms with van der Waals surface area (Å²) in [5, 5.41) is 6.17. The lowest BCUT2D eigenvalue weighted by Gasteiger charge is -2.32. The molecule has 8 nitrogen and oxygen atoms in total. The highest BCUT2D eigenvalue weighted by Gasteiger charge is 2.28. The molecule has 3 amide bonds. The van der Waals surface area contributed by atoms with Crippen LogP contribution in [0.25, 0.3) is 0 Å². The number of urea groups is 1. The number of likely N-dealkylation sites (tertiary alicyclic amines) is 1. The van der Waals surface area contributed by atoms with Crippen molar-refractivity contribution in [2.45, 2.75) is 25.8 Å². The predicted molar refractivity (Wildman–Crippen MR) is 108 cm³/mol. The number of piperidine rings is 1. The standard InChI is InChI=1S/C18H27N5O3S/c1-13(12-26-2)19-17(27)22-21-16(24)14-7-6-10-23(11-14)18(25)20-15-8-4-3-5-9-15/h3-5,8-9,13-14H,6-7,10-12H2,1-2H3,(H,20,25)(H,21,24)(H2,19,22,27)/t13-,14-/m0/s1. The zero-order chi connectivity index (χ0) is 19.6. The zero-order valence-corrected chi connectivity index (χ0v) is 16.5. The van der Waals surface area contributed by atoms with Crippen LogP contribution in [0, 0.1) is 5.92 Å². The van der Waals surface area contributed by atoms with Crippen molar-refractivity contribution in [3.8, 4) is 0 Å². The number of carbonyl (C=O) groups is 2. The molecule has 0 bridgehead atoms. The van der Waals surface area contributed by atoms with E-state index in [0.717, 1.165) is 18.5 Å². The number of carbonyl (C=O) groups excluding carboxylic acids is 2. The molecule has 0 radical (unpaired) electrons. The number of nitrogens with one attached hydrogen (secondary N) is 4. The number of anilines is 1. The third-order valence-electron chi connectivity index (χ3n) is 4.20. The lowest BCUT2D eigenvalue weighted by molar-refractivity contribution is -0.126. The fourth-order valence-corrected chi connectivity index (χ4v) is 3.12. The molecule has 0 aromatic heterocycles. The highest BCUT2D eigenvalue weighted by atomic mass is 32.1. The van der Waals surface area contributed by atoms with Crippen LogP contribution in [0.3, 0.4) is 0 Å². The maximum absolute atomic E-state index is 12.4. The molecule has 0 spiro atoms. The monoisotopic (exact) mass is 393 g/mol. The van der Waals surface area contributed by atoms with Crippen LogP contribution in [0.4, 0.5) is 10.5 Å². The van der Waals surface area contributed by atoms with Crippen molar-refractivity contribution in [3.63, 3.8) is 0 Å². The van der Waals surface area contributed by atoms with Gasteiger partial charge in [0.1, 0.15) is 0 Å². The fraction of sp³-hybridized carbons (Fsp3) is 0.500. The lowest BCUT2D eigenvalue weighted by atomic mass is 9.98. The topological polar surface area (TPSA) is 94.7 Å². The molecule has 1 aliphatic rings. The Kier molecular flexibility index (Phi) is 8.28. The van der Waals surface area contributed by atoms with Crippen LogP contribution in [0.2, 0.25) is 0 Å². The minimum Gasteiger partial charge on any atom is -0.383 e. The number of ether oxygens (including phenoxy) is 1. The van der Waals surface area contributed by atoms with Gasteiger partial charge in [-0.1, -0.05) is 18.2 Å². The summed E-state index contributed by atoms with van der Waals surface area (Å²) >= 11 is 5.13. The van der Waals surface area contributed by atoms with Gasteiger partial charge in [-0.25, -0.2) is 4.79 Å². The van der Waals surface area contributed by atoms with E-state index in [9.17, 15) is 9.59 Å². The number of para-hydroxylation sites is 1. The van der Waals surface area contributed by atoms with Crippen LogP contribution in [0.15, 0.2) is 30.3 Å². The smallest absolute Gasteiger partial charge is 0.321 e. The molecule has 0 unspecified atom stereocenters. The van der Waals surface area contributed by atoms with Crippen LogP contribution in [0.1, 0.15) is 19.8 Å². The van der Waals surface area contributed by atoms with Gasteiger partial charge >= 0.3 is 6.03 Å². The summed E-state index contributed by atoms with van der Waals surface area (Å²) in [7, 11) is 1.61. The van der Waals surface area contributed by atoms with E-state index in [0.29, 0.717) is 24.8 Å². The third kappa shape index (κ3) is 7.03. The Morgan fingerprint density at radius 2 is 2.04 bits per heavy atom. The minimum absolute atomic E-state index is 0.0266. The van der Waals surface area contributed by atoms with Crippen molar-refractivity contribution in [2.24, 2.45) is 5.92 Å². The van der Waals surface area contributed by atoms with Gasteiger partial charge in [0.05, 0.1) is 12.5 Å². The average molecular weight is 394 g/mol. The van der Waals surface area contributed by atoms with Crippen molar-refractivity contribution in [2.75, 3.05) is 32.1 Å². The molecule has 9 heteroatoms. The fourth-order valence-electron chi connectivity index (χ4n) is 2.87. The first-order chi connectivity index (χ1) is 13.0. The van der Waals surface area contributed by atoms with Crippen LogP contribution < -0.4 is 21.5 Å². The number of benzene rings is 1. The average Bonchev–Trinajstić information content (AvgIpc) is 2.67. The molecule has 27 heavy (non-hydrogen) atoms. The Morgan fingerprint density at radius 3 is 2.74 bits per heavy atom. The second-order valence-corrected chi connectivity index (χ2v) is 6.93. The van der Waals surface area contributed by atoms with Crippen LogP contribution in [-0.2, 0) is 9.53 Å². The van der Waals surface area contributed by atoms with Crippen molar-refractivity contribution in [1.82, 2.24) is 21.1 Å². The highest BCUT2D eigenvalue weighted by molar-refractivity contribution is 7.80. The number of hydrogen-bond acceptors (Lipinski definition) is 4. The molecule has 0 saturated carbocycles.